The fourth-order valence-corrected chi connectivity index (χ4v) is 2.29. The van der Waals surface area contributed by atoms with Gasteiger partial charge in [0.1, 0.15) is 0 Å². The van der Waals surface area contributed by atoms with Crippen LogP contribution in [0.15, 0.2) is 30.3 Å². The van der Waals surface area contributed by atoms with Crippen LogP contribution in [0.1, 0.15) is 45.1 Å². The maximum absolute atomic E-state index is 11.2. The topological polar surface area (TPSA) is 38.3 Å². The predicted molar refractivity (Wildman–Crippen MR) is 82.8 cm³/mol. The van der Waals surface area contributed by atoms with Crippen molar-refractivity contribution in [2.45, 2.75) is 39.5 Å². The minimum absolute atomic E-state index is 0.0993. The highest BCUT2D eigenvalue weighted by atomic mass is 16.5. The monoisotopic (exact) mass is 277 g/mol. The molecule has 1 aromatic carbocycles. The maximum Gasteiger partial charge on any atom is 0.305 e. The van der Waals surface area contributed by atoms with Gasteiger partial charge in [0.25, 0.3) is 0 Å². The Balaban J connectivity index is 2.29. The summed E-state index contributed by atoms with van der Waals surface area (Å²) in [5, 5.41) is 3.45. The third-order valence-electron chi connectivity index (χ3n) is 3.44. The van der Waals surface area contributed by atoms with E-state index in [4.69, 9.17) is 4.74 Å². The molecule has 1 unspecified atom stereocenters. The fraction of sp³-hybridized carbons (Fsp3) is 0.588. The predicted octanol–water partition coefficient (Wildman–Crippen LogP) is 3.36. The van der Waals surface area contributed by atoms with Gasteiger partial charge in [0, 0.05) is 13.0 Å². The molecule has 112 valence electrons. The number of carbonyl (C=O) groups is 1. The van der Waals surface area contributed by atoms with E-state index < -0.39 is 0 Å². The van der Waals surface area contributed by atoms with Gasteiger partial charge in [-0.2, -0.15) is 0 Å². The van der Waals surface area contributed by atoms with Crippen molar-refractivity contribution in [1.29, 1.82) is 0 Å². The van der Waals surface area contributed by atoms with E-state index in [0.717, 1.165) is 19.5 Å². The first-order valence-corrected chi connectivity index (χ1v) is 7.56. The van der Waals surface area contributed by atoms with E-state index in [9.17, 15) is 4.79 Å². The summed E-state index contributed by atoms with van der Waals surface area (Å²) >= 11 is 0. The third-order valence-corrected chi connectivity index (χ3v) is 3.44. The summed E-state index contributed by atoms with van der Waals surface area (Å²) in [6.07, 6.45) is 1.33. The normalized spacial score (nSPS) is 12.4. The average Bonchev–Trinajstić information content (AvgIpc) is 2.43. The summed E-state index contributed by atoms with van der Waals surface area (Å²) in [6, 6.07) is 10.6. The van der Waals surface area contributed by atoms with E-state index in [0.29, 0.717) is 24.9 Å². The van der Waals surface area contributed by atoms with Crippen molar-refractivity contribution in [3.8, 4) is 0 Å². The van der Waals surface area contributed by atoms with Gasteiger partial charge >= 0.3 is 5.97 Å². The van der Waals surface area contributed by atoms with Crippen LogP contribution >= 0.6 is 0 Å². The molecule has 3 nitrogen and oxygen atoms in total. The Bertz CT molecular complexity index is 376. The molecule has 0 spiro atoms. The van der Waals surface area contributed by atoms with Crippen molar-refractivity contribution in [2.24, 2.45) is 5.92 Å². The van der Waals surface area contributed by atoms with E-state index >= 15 is 0 Å². The second-order valence-electron chi connectivity index (χ2n) is 5.37. The van der Waals surface area contributed by atoms with E-state index in [2.05, 4.69) is 43.4 Å². The van der Waals surface area contributed by atoms with Gasteiger partial charge in [0.2, 0.25) is 0 Å². The van der Waals surface area contributed by atoms with Crippen LogP contribution in [0.4, 0.5) is 0 Å². The van der Waals surface area contributed by atoms with Crippen LogP contribution in [0.3, 0.4) is 0 Å². The number of hydrogen-bond donors (Lipinski definition) is 1. The second kappa shape index (κ2) is 9.54. The molecule has 0 aliphatic heterocycles. The highest BCUT2D eigenvalue weighted by Gasteiger charge is 2.14. The molecule has 0 saturated carbocycles. The zero-order valence-electron chi connectivity index (χ0n) is 12.9. The second-order valence-corrected chi connectivity index (χ2v) is 5.37. The van der Waals surface area contributed by atoms with Gasteiger partial charge in [-0.1, -0.05) is 44.2 Å². The summed E-state index contributed by atoms with van der Waals surface area (Å²) in [7, 11) is 0. The Hall–Kier alpha value is -1.35. The summed E-state index contributed by atoms with van der Waals surface area (Å²) < 4.78 is 4.91. The van der Waals surface area contributed by atoms with Crippen molar-refractivity contribution in [2.75, 3.05) is 19.7 Å². The van der Waals surface area contributed by atoms with Crippen LogP contribution in [0.25, 0.3) is 0 Å². The average molecular weight is 277 g/mol. The van der Waals surface area contributed by atoms with Crippen molar-refractivity contribution >= 4 is 5.97 Å². The van der Waals surface area contributed by atoms with Crippen molar-refractivity contribution in [3.63, 3.8) is 0 Å². The molecule has 0 aliphatic rings. The molecule has 0 aromatic heterocycles. The van der Waals surface area contributed by atoms with Gasteiger partial charge in [0.05, 0.1) is 6.61 Å². The maximum atomic E-state index is 11.2. The first-order valence-electron chi connectivity index (χ1n) is 7.56. The van der Waals surface area contributed by atoms with Crippen LogP contribution in [-0.4, -0.2) is 25.7 Å². The van der Waals surface area contributed by atoms with Crippen LogP contribution in [0.5, 0.6) is 0 Å². The van der Waals surface area contributed by atoms with Crippen LogP contribution in [0.2, 0.25) is 0 Å². The molecule has 0 radical (unpaired) electrons. The molecule has 0 fully saturated rings. The fourth-order valence-electron chi connectivity index (χ4n) is 2.29. The molecular formula is C17H27NO2. The highest BCUT2D eigenvalue weighted by Crippen LogP contribution is 2.23. The standard InChI is InChI=1S/C17H27NO2/c1-4-20-17(19)11-8-12-18-13-16(14(2)3)15-9-6-5-7-10-15/h5-7,9-10,14,16,18H,4,8,11-13H2,1-3H3. The number of ether oxygens (including phenoxy) is 1. The molecule has 20 heavy (non-hydrogen) atoms. The Kier molecular flexibility index (Phi) is 7.97. The lowest BCUT2D eigenvalue weighted by Gasteiger charge is -2.22. The molecule has 1 aromatic rings. The van der Waals surface area contributed by atoms with Crippen molar-refractivity contribution < 1.29 is 9.53 Å². The third kappa shape index (κ3) is 6.20. The van der Waals surface area contributed by atoms with E-state index in [-0.39, 0.29) is 5.97 Å². The Morgan fingerprint density at radius 2 is 1.95 bits per heavy atom. The highest BCUT2D eigenvalue weighted by molar-refractivity contribution is 5.69. The van der Waals surface area contributed by atoms with Gasteiger partial charge in [-0.25, -0.2) is 0 Å². The molecule has 0 aliphatic carbocycles. The summed E-state index contributed by atoms with van der Waals surface area (Å²) in [5.41, 5.74) is 1.38. The lowest BCUT2D eigenvalue weighted by molar-refractivity contribution is -0.143. The van der Waals surface area contributed by atoms with Gasteiger partial charge in [-0.05, 0) is 37.3 Å². The number of carbonyl (C=O) groups excluding carboxylic acids is 1. The zero-order chi connectivity index (χ0) is 14.8. The Morgan fingerprint density at radius 3 is 2.55 bits per heavy atom. The first kappa shape index (κ1) is 16.7. The van der Waals surface area contributed by atoms with E-state index in [1.807, 2.05) is 13.0 Å². The molecule has 0 amide bonds. The van der Waals surface area contributed by atoms with Crippen molar-refractivity contribution in [1.82, 2.24) is 5.32 Å². The number of esters is 1. The lowest BCUT2D eigenvalue weighted by Crippen LogP contribution is -2.26. The quantitative estimate of drug-likeness (QED) is 0.555. The van der Waals surface area contributed by atoms with Crippen LogP contribution < -0.4 is 5.32 Å². The molecular weight excluding hydrogens is 250 g/mol. The summed E-state index contributed by atoms with van der Waals surface area (Å²) in [5.74, 6) is 1.01. The van der Waals surface area contributed by atoms with Crippen molar-refractivity contribution in [3.05, 3.63) is 35.9 Å². The Morgan fingerprint density at radius 1 is 1.25 bits per heavy atom. The van der Waals surface area contributed by atoms with Gasteiger partial charge in [-0.15, -0.1) is 0 Å². The summed E-state index contributed by atoms with van der Waals surface area (Å²) in [6.45, 7) is 8.61. The minimum Gasteiger partial charge on any atom is -0.466 e. The van der Waals surface area contributed by atoms with Gasteiger partial charge in [-0.3, -0.25) is 4.79 Å². The molecule has 0 saturated heterocycles. The van der Waals surface area contributed by atoms with Gasteiger partial charge in [0.15, 0.2) is 0 Å². The lowest BCUT2D eigenvalue weighted by atomic mass is 9.88. The van der Waals surface area contributed by atoms with E-state index in [1.54, 1.807) is 0 Å². The molecule has 1 rings (SSSR count). The minimum atomic E-state index is -0.0993. The molecule has 1 N–H and O–H groups in total. The SMILES string of the molecule is CCOC(=O)CCCNCC(c1ccccc1)C(C)C. The number of hydrogen-bond acceptors (Lipinski definition) is 3. The Labute approximate surface area is 122 Å². The molecule has 1 atom stereocenters. The number of nitrogens with one attached hydrogen (secondary N) is 1. The number of benzene rings is 1. The van der Waals surface area contributed by atoms with E-state index in [1.165, 1.54) is 5.56 Å². The van der Waals surface area contributed by atoms with Crippen LogP contribution in [0, 0.1) is 5.92 Å². The zero-order valence-corrected chi connectivity index (χ0v) is 12.9. The largest absolute Gasteiger partial charge is 0.466 e. The smallest absolute Gasteiger partial charge is 0.305 e. The first-order chi connectivity index (χ1) is 9.65. The molecule has 3 heteroatoms. The van der Waals surface area contributed by atoms with Gasteiger partial charge < -0.3 is 10.1 Å². The van der Waals surface area contributed by atoms with Crippen LogP contribution in [-0.2, 0) is 9.53 Å². The molecule has 0 bridgehead atoms. The molecule has 0 heterocycles. The summed E-state index contributed by atoms with van der Waals surface area (Å²) in [4.78, 5) is 11.2. The number of rotatable bonds is 9.